The molecule has 9 heteroatoms. The molecule has 0 spiro atoms. The normalized spacial score (nSPS) is 17.2. The fraction of sp³-hybridized carbons (Fsp3) is 0.312. The van der Waals surface area contributed by atoms with Crippen molar-refractivity contribution in [1.82, 2.24) is 20.0 Å². The lowest BCUT2D eigenvalue weighted by Gasteiger charge is -2.30. The Hall–Kier alpha value is -2.58. The molecule has 1 saturated heterocycles. The zero-order valence-electron chi connectivity index (χ0n) is 13.4. The smallest absolute Gasteiger partial charge is 0.337 e. The highest BCUT2D eigenvalue weighted by atomic mass is 35.5. The molecule has 2 aliphatic heterocycles. The van der Waals surface area contributed by atoms with Gasteiger partial charge in [-0.25, -0.2) is 19.4 Å². The SMILES string of the molecule is O=C(c1ncn2c1NNN(c1ccc(Cl)cc1)C2=O)N1CCCCC1. The monoisotopic (exact) mass is 360 g/mol. The minimum absolute atomic E-state index is 0.157. The quantitative estimate of drug-likeness (QED) is 0.859. The third-order valence-corrected chi connectivity index (χ3v) is 4.63. The van der Waals surface area contributed by atoms with E-state index in [0.717, 1.165) is 32.4 Å². The number of anilines is 2. The van der Waals surface area contributed by atoms with Crippen molar-refractivity contribution in [2.24, 2.45) is 0 Å². The number of hydrogen-bond acceptors (Lipinski definition) is 5. The third kappa shape index (κ3) is 2.83. The summed E-state index contributed by atoms with van der Waals surface area (Å²) < 4.78 is 1.32. The van der Waals surface area contributed by atoms with E-state index in [1.165, 1.54) is 15.9 Å². The molecule has 3 heterocycles. The van der Waals surface area contributed by atoms with Crippen LogP contribution in [0.2, 0.25) is 5.02 Å². The Morgan fingerprint density at radius 3 is 2.56 bits per heavy atom. The number of nitrogens with one attached hydrogen (secondary N) is 2. The number of benzene rings is 1. The maximum absolute atomic E-state index is 12.7. The number of carbonyl (C=O) groups is 2. The molecule has 1 aromatic heterocycles. The van der Waals surface area contributed by atoms with E-state index in [9.17, 15) is 9.59 Å². The number of likely N-dealkylation sites (tertiary alicyclic amines) is 1. The minimum atomic E-state index is -0.360. The lowest BCUT2D eigenvalue weighted by atomic mass is 10.1. The molecule has 0 unspecified atom stereocenters. The molecular formula is C16H17ClN6O2. The van der Waals surface area contributed by atoms with Gasteiger partial charge in [-0.15, -0.1) is 5.53 Å². The molecule has 130 valence electrons. The lowest BCUT2D eigenvalue weighted by Crippen LogP contribution is -2.53. The average molecular weight is 361 g/mol. The highest BCUT2D eigenvalue weighted by molar-refractivity contribution is 6.30. The second-order valence-electron chi connectivity index (χ2n) is 6.00. The van der Waals surface area contributed by atoms with Crippen molar-refractivity contribution in [3.63, 3.8) is 0 Å². The Morgan fingerprint density at radius 2 is 1.84 bits per heavy atom. The van der Waals surface area contributed by atoms with Crippen LogP contribution in [-0.2, 0) is 0 Å². The van der Waals surface area contributed by atoms with Crippen molar-refractivity contribution in [1.29, 1.82) is 0 Å². The number of piperidine rings is 1. The van der Waals surface area contributed by atoms with Crippen molar-refractivity contribution >= 4 is 35.0 Å². The molecule has 2 N–H and O–H groups in total. The van der Waals surface area contributed by atoms with Crippen LogP contribution in [-0.4, -0.2) is 39.5 Å². The first-order valence-electron chi connectivity index (χ1n) is 8.13. The van der Waals surface area contributed by atoms with Crippen molar-refractivity contribution < 1.29 is 9.59 Å². The second-order valence-corrected chi connectivity index (χ2v) is 6.43. The molecule has 4 rings (SSSR count). The van der Waals surface area contributed by atoms with E-state index < -0.39 is 0 Å². The summed E-state index contributed by atoms with van der Waals surface area (Å²) in [6.45, 7) is 1.45. The number of fused-ring (bicyclic) bond motifs is 1. The Bertz CT molecular complexity index is 813. The van der Waals surface area contributed by atoms with Crippen LogP contribution in [0.25, 0.3) is 0 Å². The summed E-state index contributed by atoms with van der Waals surface area (Å²) in [5.41, 5.74) is 6.57. The number of hydrazine groups is 2. The largest absolute Gasteiger partial charge is 0.351 e. The number of nitrogens with zero attached hydrogens (tertiary/aromatic N) is 4. The van der Waals surface area contributed by atoms with Gasteiger partial charge < -0.3 is 4.90 Å². The summed E-state index contributed by atoms with van der Waals surface area (Å²) in [7, 11) is 0. The van der Waals surface area contributed by atoms with Crippen LogP contribution >= 0.6 is 11.6 Å². The molecule has 0 atom stereocenters. The van der Waals surface area contributed by atoms with Crippen LogP contribution in [0.4, 0.5) is 16.3 Å². The number of rotatable bonds is 2. The highest BCUT2D eigenvalue weighted by Crippen LogP contribution is 2.24. The fourth-order valence-corrected chi connectivity index (χ4v) is 3.17. The molecule has 2 aromatic rings. The molecule has 25 heavy (non-hydrogen) atoms. The Labute approximate surface area is 149 Å². The highest BCUT2D eigenvalue weighted by Gasteiger charge is 2.32. The molecule has 8 nitrogen and oxygen atoms in total. The predicted octanol–water partition coefficient (Wildman–Crippen LogP) is 2.48. The minimum Gasteiger partial charge on any atom is -0.337 e. The summed E-state index contributed by atoms with van der Waals surface area (Å²) >= 11 is 5.88. The van der Waals surface area contributed by atoms with Gasteiger partial charge in [0.1, 0.15) is 6.33 Å². The van der Waals surface area contributed by atoms with E-state index in [4.69, 9.17) is 11.6 Å². The van der Waals surface area contributed by atoms with Gasteiger partial charge in [-0.2, -0.15) is 0 Å². The number of carbonyl (C=O) groups excluding carboxylic acids is 2. The fourth-order valence-electron chi connectivity index (χ4n) is 3.05. The zero-order chi connectivity index (χ0) is 17.4. The third-order valence-electron chi connectivity index (χ3n) is 4.38. The van der Waals surface area contributed by atoms with Crippen LogP contribution in [0.1, 0.15) is 29.8 Å². The van der Waals surface area contributed by atoms with Gasteiger partial charge in [-0.05, 0) is 43.5 Å². The summed E-state index contributed by atoms with van der Waals surface area (Å²) in [6.07, 6.45) is 4.50. The predicted molar refractivity (Wildman–Crippen MR) is 93.5 cm³/mol. The Balaban J connectivity index is 1.60. The van der Waals surface area contributed by atoms with Gasteiger partial charge in [-0.3, -0.25) is 10.2 Å². The summed E-state index contributed by atoms with van der Waals surface area (Å²) in [5, 5.41) is 1.90. The maximum Gasteiger partial charge on any atom is 0.351 e. The van der Waals surface area contributed by atoms with Crippen LogP contribution in [0.5, 0.6) is 0 Å². The van der Waals surface area contributed by atoms with Gasteiger partial charge in [-0.1, -0.05) is 11.6 Å². The standard InChI is InChI=1S/C16H17ClN6O2/c17-11-4-6-12(7-5-11)23-16(25)22-10-18-13(14(22)19-20-23)15(24)21-8-2-1-3-9-21/h4-7,10,19-20H,1-3,8-9H2. The van der Waals surface area contributed by atoms with Crippen molar-refractivity contribution in [2.75, 3.05) is 23.5 Å². The number of amides is 2. The molecule has 2 aliphatic rings. The summed E-state index contributed by atoms with van der Waals surface area (Å²) in [5.74, 6) is 0.196. The number of imidazole rings is 1. The van der Waals surface area contributed by atoms with Crippen LogP contribution in [0.3, 0.4) is 0 Å². The van der Waals surface area contributed by atoms with Crippen LogP contribution < -0.4 is 16.0 Å². The first-order chi connectivity index (χ1) is 12.1. The Morgan fingerprint density at radius 1 is 1.12 bits per heavy atom. The maximum atomic E-state index is 12.7. The van der Waals surface area contributed by atoms with Crippen LogP contribution in [0, 0.1) is 0 Å². The molecule has 0 bridgehead atoms. The van der Waals surface area contributed by atoms with Gasteiger partial charge in [0.15, 0.2) is 11.5 Å². The zero-order valence-corrected chi connectivity index (χ0v) is 14.2. The summed E-state index contributed by atoms with van der Waals surface area (Å²) in [4.78, 5) is 31.3. The van der Waals surface area contributed by atoms with E-state index in [0.29, 0.717) is 16.5 Å². The molecule has 2 amide bonds. The lowest BCUT2D eigenvalue weighted by molar-refractivity contribution is 0.0720. The molecule has 1 fully saturated rings. The first kappa shape index (κ1) is 15.9. The van der Waals surface area contributed by atoms with Gasteiger partial charge in [0.25, 0.3) is 5.91 Å². The topological polar surface area (TPSA) is 82.5 Å². The molecule has 0 saturated carbocycles. The number of hydrogen-bond donors (Lipinski definition) is 2. The average Bonchev–Trinajstić information content (AvgIpc) is 3.08. The molecule has 1 aromatic carbocycles. The molecule has 0 aliphatic carbocycles. The summed E-state index contributed by atoms with van der Waals surface area (Å²) in [6, 6.07) is 6.47. The van der Waals surface area contributed by atoms with Crippen LogP contribution in [0.15, 0.2) is 30.6 Å². The van der Waals surface area contributed by atoms with E-state index in [-0.39, 0.29) is 17.6 Å². The van der Waals surface area contributed by atoms with Gasteiger partial charge in [0.2, 0.25) is 0 Å². The van der Waals surface area contributed by atoms with E-state index in [1.54, 1.807) is 29.2 Å². The second kappa shape index (κ2) is 6.38. The van der Waals surface area contributed by atoms with Gasteiger partial charge in [0.05, 0.1) is 5.69 Å². The molecular weight excluding hydrogens is 344 g/mol. The van der Waals surface area contributed by atoms with Crippen molar-refractivity contribution in [3.05, 3.63) is 41.3 Å². The van der Waals surface area contributed by atoms with E-state index >= 15 is 0 Å². The van der Waals surface area contributed by atoms with E-state index in [1.807, 2.05) is 0 Å². The first-order valence-corrected chi connectivity index (χ1v) is 8.51. The van der Waals surface area contributed by atoms with E-state index in [2.05, 4.69) is 15.9 Å². The van der Waals surface area contributed by atoms with Crippen molar-refractivity contribution in [2.45, 2.75) is 19.3 Å². The van der Waals surface area contributed by atoms with Gasteiger partial charge in [0, 0.05) is 18.1 Å². The van der Waals surface area contributed by atoms with Gasteiger partial charge >= 0.3 is 6.03 Å². The van der Waals surface area contributed by atoms with Crippen molar-refractivity contribution in [3.8, 4) is 0 Å². The number of aromatic nitrogens is 2. The Kier molecular flexibility index (Phi) is 4.06. The number of halogens is 1. The molecule has 0 radical (unpaired) electrons.